The van der Waals surface area contributed by atoms with Gasteiger partial charge in [-0.1, -0.05) is 48.5 Å². The van der Waals surface area contributed by atoms with Gasteiger partial charge in [-0.25, -0.2) is 0 Å². The number of fused-ring (bicyclic) bond motifs is 2. The molecule has 0 bridgehead atoms. The number of benzene rings is 6. The third-order valence-corrected chi connectivity index (χ3v) is 10.2. The third kappa shape index (κ3) is 5.14. The monoisotopic (exact) mass is 652 g/mol. The van der Waals surface area contributed by atoms with E-state index in [9.17, 15) is 0 Å². The number of nitrogens with zero attached hydrogens (tertiary/aromatic N) is 4. The molecule has 248 valence electrons. The fraction of sp³-hybridized carbons (Fsp3) is 0.174. The highest BCUT2D eigenvalue weighted by Crippen LogP contribution is 2.58. The summed E-state index contributed by atoms with van der Waals surface area (Å²) in [5.41, 5.74) is 19.2. The van der Waals surface area contributed by atoms with Crippen LogP contribution in [-0.4, -0.2) is 0 Å². The Balaban J connectivity index is 1.58. The third-order valence-electron chi connectivity index (χ3n) is 10.2. The van der Waals surface area contributed by atoms with Crippen molar-refractivity contribution in [2.45, 2.75) is 55.4 Å². The van der Waals surface area contributed by atoms with Crippen LogP contribution in [-0.2, 0) is 0 Å². The van der Waals surface area contributed by atoms with Gasteiger partial charge in [0.05, 0.1) is 22.7 Å². The van der Waals surface area contributed by atoms with Crippen LogP contribution in [0.2, 0.25) is 0 Å². The van der Waals surface area contributed by atoms with Crippen LogP contribution in [0.5, 0.6) is 0 Å². The van der Waals surface area contributed by atoms with Crippen LogP contribution >= 0.6 is 0 Å². The van der Waals surface area contributed by atoms with Gasteiger partial charge >= 0.3 is 0 Å². The number of aryl methyl sites for hydroxylation is 8. The SMILES string of the molecule is Cc1cc(C)cc(N2/C(=C3\N(c4ccccc4)c4cc(C)c(C)cc4N3c3cc(C)cc(C)c3)N(c3ccccc3)c3cc(C)c(C)cc32)c1. The normalized spacial score (nSPS) is 15.2. The molecule has 4 heteroatoms. The first-order valence-corrected chi connectivity index (χ1v) is 17.5. The molecule has 0 atom stereocenters. The lowest BCUT2D eigenvalue weighted by molar-refractivity contribution is 1.01. The van der Waals surface area contributed by atoms with Gasteiger partial charge in [-0.3, -0.25) is 19.6 Å². The fourth-order valence-corrected chi connectivity index (χ4v) is 7.70. The first kappa shape index (κ1) is 31.5. The van der Waals surface area contributed by atoms with E-state index in [1.165, 1.54) is 55.9 Å². The molecule has 4 nitrogen and oxygen atoms in total. The first-order valence-electron chi connectivity index (χ1n) is 17.5. The van der Waals surface area contributed by atoms with Crippen molar-refractivity contribution >= 4 is 45.5 Å². The zero-order valence-corrected chi connectivity index (χ0v) is 30.3. The van der Waals surface area contributed by atoms with Gasteiger partial charge in [0.15, 0.2) is 11.6 Å². The van der Waals surface area contributed by atoms with E-state index in [-0.39, 0.29) is 0 Å². The standard InChI is InChI=1S/C46H44N4/c1-29-19-30(2)22-39(21-29)49-43-27-35(7)33(5)25-41(43)47(37-15-11-9-12-16-37)45(49)46-48(38-17-13-10-14-18-38)42-26-34(6)36(8)28-44(42)50(46)40-23-31(3)20-32(4)24-40/h9-28H,1-8H3/b46-45+. The molecule has 0 fully saturated rings. The topological polar surface area (TPSA) is 13.0 Å². The molecule has 2 heterocycles. The van der Waals surface area contributed by atoms with Gasteiger partial charge in [0.25, 0.3) is 0 Å². The molecule has 2 aliphatic rings. The average Bonchev–Trinajstić information content (AvgIpc) is 3.57. The lowest BCUT2D eigenvalue weighted by Crippen LogP contribution is -2.33. The van der Waals surface area contributed by atoms with Crippen LogP contribution < -0.4 is 19.6 Å². The highest BCUT2D eigenvalue weighted by molar-refractivity contribution is 6.00. The minimum absolute atomic E-state index is 1.08. The summed E-state index contributed by atoms with van der Waals surface area (Å²) >= 11 is 0. The van der Waals surface area contributed by atoms with Crippen LogP contribution in [0.25, 0.3) is 0 Å². The predicted octanol–water partition coefficient (Wildman–Crippen LogP) is 12.6. The van der Waals surface area contributed by atoms with Crippen LogP contribution in [0.1, 0.15) is 44.5 Å². The first-order chi connectivity index (χ1) is 24.1. The zero-order valence-electron chi connectivity index (χ0n) is 30.3. The molecule has 2 aliphatic heterocycles. The summed E-state index contributed by atoms with van der Waals surface area (Å²) < 4.78 is 0. The number of para-hydroxylation sites is 2. The van der Waals surface area contributed by atoms with Gasteiger partial charge in [-0.05, 0) is 173 Å². The lowest BCUT2D eigenvalue weighted by Gasteiger charge is -2.34. The summed E-state index contributed by atoms with van der Waals surface area (Å²) in [5.74, 6) is 2.16. The van der Waals surface area contributed by atoms with Crippen molar-refractivity contribution in [3.8, 4) is 0 Å². The second kappa shape index (κ2) is 12.0. The van der Waals surface area contributed by atoms with Gasteiger partial charge in [-0.15, -0.1) is 0 Å². The van der Waals surface area contributed by atoms with Crippen molar-refractivity contribution in [1.29, 1.82) is 0 Å². The molecular weight excluding hydrogens is 609 g/mol. The zero-order chi connectivity index (χ0) is 34.8. The van der Waals surface area contributed by atoms with Gasteiger partial charge in [-0.2, -0.15) is 0 Å². The largest absolute Gasteiger partial charge is 0.291 e. The summed E-state index contributed by atoms with van der Waals surface area (Å²) in [4.78, 5) is 9.96. The maximum Gasteiger partial charge on any atom is 0.166 e. The molecule has 0 unspecified atom stereocenters. The maximum atomic E-state index is 2.50. The average molecular weight is 653 g/mol. The highest BCUT2D eigenvalue weighted by Gasteiger charge is 2.44. The van der Waals surface area contributed by atoms with Crippen LogP contribution in [0, 0.1) is 55.4 Å². The van der Waals surface area contributed by atoms with E-state index in [0.717, 1.165) is 45.8 Å². The van der Waals surface area contributed by atoms with Gasteiger partial charge < -0.3 is 0 Å². The minimum Gasteiger partial charge on any atom is -0.291 e. The minimum atomic E-state index is 1.08. The molecule has 0 spiro atoms. The van der Waals surface area contributed by atoms with E-state index in [0.29, 0.717) is 0 Å². The van der Waals surface area contributed by atoms with E-state index in [1.807, 2.05) is 0 Å². The quantitative estimate of drug-likeness (QED) is 0.188. The molecule has 0 amide bonds. The molecule has 0 aromatic heterocycles. The fourth-order valence-electron chi connectivity index (χ4n) is 7.70. The van der Waals surface area contributed by atoms with Crippen LogP contribution in [0.15, 0.2) is 133 Å². The summed E-state index contributed by atoms with van der Waals surface area (Å²) in [5, 5.41) is 0. The Bertz CT molecular complexity index is 2110. The van der Waals surface area contributed by atoms with Crippen molar-refractivity contribution < 1.29 is 0 Å². The molecule has 50 heavy (non-hydrogen) atoms. The van der Waals surface area contributed by atoms with E-state index in [4.69, 9.17) is 0 Å². The summed E-state index contributed by atoms with van der Waals surface area (Å²) in [7, 11) is 0. The lowest BCUT2D eigenvalue weighted by atomic mass is 10.1. The number of rotatable bonds is 4. The molecule has 6 aromatic rings. The smallest absolute Gasteiger partial charge is 0.166 e. The van der Waals surface area contributed by atoms with Gasteiger partial charge in [0.1, 0.15) is 0 Å². The second-order valence-corrected chi connectivity index (χ2v) is 14.2. The van der Waals surface area contributed by atoms with E-state index >= 15 is 0 Å². The van der Waals surface area contributed by atoms with E-state index < -0.39 is 0 Å². The van der Waals surface area contributed by atoms with Gasteiger partial charge in [0, 0.05) is 22.7 Å². The molecule has 0 N–H and O–H groups in total. The second-order valence-electron chi connectivity index (χ2n) is 14.2. The Morgan fingerprint density at radius 1 is 0.280 bits per heavy atom. The van der Waals surface area contributed by atoms with Crippen LogP contribution in [0.3, 0.4) is 0 Å². The van der Waals surface area contributed by atoms with Crippen molar-refractivity contribution in [1.82, 2.24) is 0 Å². The van der Waals surface area contributed by atoms with Crippen molar-refractivity contribution in [2.75, 3.05) is 19.6 Å². The maximum absolute atomic E-state index is 2.50. The molecule has 0 saturated heterocycles. The molecule has 0 radical (unpaired) electrons. The van der Waals surface area contributed by atoms with Crippen molar-refractivity contribution in [2.24, 2.45) is 0 Å². The number of hydrogen-bond acceptors (Lipinski definition) is 4. The number of anilines is 8. The van der Waals surface area contributed by atoms with Gasteiger partial charge in [0.2, 0.25) is 0 Å². The summed E-state index contributed by atoms with van der Waals surface area (Å²) in [6.07, 6.45) is 0. The Morgan fingerprint density at radius 3 is 0.820 bits per heavy atom. The van der Waals surface area contributed by atoms with E-state index in [1.54, 1.807) is 0 Å². The Kier molecular flexibility index (Phi) is 7.56. The van der Waals surface area contributed by atoms with Crippen molar-refractivity contribution in [3.05, 3.63) is 177 Å². The Hall–Kier alpha value is -5.74. The van der Waals surface area contributed by atoms with Crippen LogP contribution in [0.4, 0.5) is 45.5 Å². The molecule has 8 rings (SSSR count). The number of hydrogen-bond donors (Lipinski definition) is 0. The molecular formula is C46H44N4. The highest BCUT2D eigenvalue weighted by atomic mass is 15.5. The Labute approximate surface area is 297 Å². The predicted molar refractivity (Wildman–Crippen MR) is 212 cm³/mol. The molecule has 0 aliphatic carbocycles. The Morgan fingerprint density at radius 2 is 0.540 bits per heavy atom. The van der Waals surface area contributed by atoms with E-state index in [2.05, 4.69) is 196 Å². The molecule has 0 saturated carbocycles. The van der Waals surface area contributed by atoms with Crippen molar-refractivity contribution in [3.63, 3.8) is 0 Å². The molecule has 6 aromatic carbocycles. The summed E-state index contributed by atoms with van der Waals surface area (Å²) in [6.45, 7) is 17.7. The summed E-state index contributed by atoms with van der Waals surface area (Å²) in [6, 6.07) is 45.0.